The molecule has 0 bridgehead atoms. The molecule has 1 aromatic carbocycles. The van der Waals surface area contributed by atoms with E-state index in [0.717, 1.165) is 11.4 Å². The third-order valence-corrected chi connectivity index (χ3v) is 1.48. The smallest absolute Gasteiger partial charge is 0.216 e. The predicted molar refractivity (Wildman–Crippen MR) is 41.2 cm³/mol. The molecule has 0 amide bonds. The van der Waals surface area contributed by atoms with Crippen molar-refractivity contribution in [2.24, 2.45) is 4.99 Å². The third kappa shape index (κ3) is 0.772. The van der Waals surface area contributed by atoms with E-state index in [9.17, 15) is 0 Å². The van der Waals surface area contributed by atoms with E-state index >= 15 is 0 Å². The minimum absolute atomic E-state index is 0.321. The molecule has 0 saturated heterocycles. The van der Waals surface area contributed by atoms with Crippen LogP contribution in [0.1, 0.15) is 0 Å². The van der Waals surface area contributed by atoms with E-state index in [1.165, 1.54) is 0 Å². The van der Waals surface area contributed by atoms with E-state index in [-0.39, 0.29) is 0 Å². The van der Waals surface area contributed by atoms with Gasteiger partial charge < -0.3 is 0 Å². The highest BCUT2D eigenvalue weighted by Gasteiger charge is 2.11. The Morgan fingerprint density at radius 1 is 1.10 bits per heavy atom. The van der Waals surface area contributed by atoms with Crippen molar-refractivity contribution in [3.63, 3.8) is 0 Å². The summed E-state index contributed by atoms with van der Waals surface area (Å²) in [5, 5.41) is 4.29. The van der Waals surface area contributed by atoms with Crippen LogP contribution < -0.4 is 5.32 Å². The number of para-hydroxylation sites is 2. The molecule has 1 aliphatic rings. The molecule has 0 saturated carbocycles. The van der Waals surface area contributed by atoms with Gasteiger partial charge in [-0.1, -0.05) is 12.1 Å². The molecule has 1 aromatic rings. The number of aliphatic imine (C=N–C) groups is 1. The summed E-state index contributed by atoms with van der Waals surface area (Å²) in [5.74, 6) is 0. The van der Waals surface area contributed by atoms with Crippen molar-refractivity contribution in [1.82, 2.24) is 5.32 Å². The van der Waals surface area contributed by atoms with Crippen molar-refractivity contribution < 1.29 is 0 Å². The minimum atomic E-state index is 0.321. The molecule has 1 heterocycles. The molecule has 0 unspecified atom stereocenters. The highest BCUT2D eigenvalue weighted by molar-refractivity contribution is 6.65. The van der Waals surface area contributed by atoms with E-state index in [0.29, 0.717) is 5.29 Å². The summed E-state index contributed by atoms with van der Waals surface area (Å²) >= 11 is 5.56. The fraction of sp³-hybridized carbons (Fsp3) is 0. The molecule has 2 rings (SSSR count). The molecule has 0 aromatic heterocycles. The van der Waals surface area contributed by atoms with E-state index in [2.05, 4.69) is 10.3 Å². The van der Waals surface area contributed by atoms with Crippen LogP contribution in [-0.4, -0.2) is 5.29 Å². The van der Waals surface area contributed by atoms with Gasteiger partial charge >= 0.3 is 0 Å². The van der Waals surface area contributed by atoms with Crippen molar-refractivity contribution >= 4 is 28.3 Å². The average Bonchev–Trinajstić information content (AvgIpc) is 2.27. The van der Waals surface area contributed by atoms with Gasteiger partial charge in [0, 0.05) is 0 Å². The molecular weight excluding hydrogens is 148 g/mol. The lowest BCUT2D eigenvalue weighted by atomic mass is 10.3. The van der Waals surface area contributed by atoms with Gasteiger partial charge in [-0.3, -0.25) is 0 Å². The summed E-state index contributed by atoms with van der Waals surface area (Å²) in [7, 11) is 0. The highest BCUT2D eigenvalue weighted by atomic mass is 35.5. The Morgan fingerprint density at radius 2 is 1.80 bits per heavy atom. The number of benzene rings is 1. The summed E-state index contributed by atoms with van der Waals surface area (Å²) in [6.07, 6.45) is 0. The normalized spacial score (nSPS) is 13.9. The van der Waals surface area contributed by atoms with Crippen molar-refractivity contribution in [2.75, 3.05) is 0 Å². The first-order chi connectivity index (χ1) is 4.86. The maximum Gasteiger partial charge on any atom is 0.223 e. The van der Waals surface area contributed by atoms with Gasteiger partial charge in [0.05, 0.1) is 11.4 Å². The zero-order valence-corrected chi connectivity index (χ0v) is 5.84. The van der Waals surface area contributed by atoms with Gasteiger partial charge in [-0.15, -0.1) is 0 Å². The number of hydrogen-bond donors (Lipinski definition) is 0. The predicted octanol–water partition coefficient (Wildman–Crippen LogP) is 2.16. The van der Waals surface area contributed by atoms with Gasteiger partial charge in [0.25, 0.3) is 0 Å². The van der Waals surface area contributed by atoms with Gasteiger partial charge in [-0.05, 0) is 23.7 Å². The molecule has 1 aliphatic heterocycles. The topological polar surface area (TPSA) is 26.5 Å². The Labute approximate surface area is 63.5 Å². The fourth-order valence-electron chi connectivity index (χ4n) is 0.877. The number of amidine groups is 1. The van der Waals surface area contributed by atoms with Crippen LogP contribution in [0.5, 0.6) is 0 Å². The van der Waals surface area contributed by atoms with Crippen molar-refractivity contribution in [1.29, 1.82) is 0 Å². The van der Waals surface area contributed by atoms with Gasteiger partial charge in [-0.25, -0.2) is 10.3 Å². The number of halogens is 1. The molecule has 49 valence electrons. The first-order valence-electron chi connectivity index (χ1n) is 2.91. The van der Waals surface area contributed by atoms with Crippen LogP contribution in [0, 0.1) is 0 Å². The Hall–Kier alpha value is -1.02. The molecule has 0 aliphatic carbocycles. The van der Waals surface area contributed by atoms with Crippen LogP contribution in [0.2, 0.25) is 0 Å². The van der Waals surface area contributed by atoms with Crippen LogP contribution in [0.25, 0.3) is 0 Å². The Kier molecular flexibility index (Phi) is 1.14. The Morgan fingerprint density at radius 3 is 2.50 bits per heavy atom. The summed E-state index contributed by atoms with van der Waals surface area (Å²) in [4.78, 5) is 3.97. The van der Waals surface area contributed by atoms with E-state index in [1.807, 2.05) is 24.3 Å². The molecular formula is C7H4ClN2. The second-order valence-corrected chi connectivity index (χ2v) is 2.32. The molecule has 0 N–H and O–H groups in total. The monoisotopic (exact) mass is 151 g/mol. The number of fused-ring (bicyclic) bond motifs is 1. The zero-order valence-electron chi connectivity index (χ0n) is 5.08. The van der Waals surface area contributed by atoms with Crippen molar-refractivity contribution in [3.8, 4) is 0 Å². The second kappa shape index (κ2) is 1.99. The van der Waals surface area contributed by atoms with Crippen LogP contribution in [0.4, 0.5) is 11.4 Å². The standard InChI is InChI=1S/C7H4ClN2/c8-7-9-5-3-1-2-4-6(5)10-7/h1-4H. The maximum atomic E-state index is 5.56. The number of rotatable bonds is 0. The molecule has 0 spiro atoms. The van der Waals surface area contributed by atoms with Gasteiger partial charge in [0.15, 0.2) is 0 Å². The summed E-state index contributed by atoms with van der Waals surface area (Å²) in [6, 6.07) is 7.59. The molecule has 0 atom stereocenters. The molecule has 1 radical (unpaired) electrons. The minimum Gasteiger partial charge on any atom is -0.216 e. The maximum absolute atomic E-state index is 5.56. The fourth-order valence-corrected chi connectivity index (χ4v) is 1.06. The summed E-state index contributed by atoms with van der Waals surface area (Å²) < 4.78 is 0. The Balaban J connectivity index is 2.54. The van der Waals surface area contributed by atoms with Gasteiger partial charge in [0.1, 0.15) is 0 Å². The lowest BCUT2D eigenvalue weighted by molar-refractivity contribution is 1.34. The van der Waals surface area contributed by atoms with Crippen LogP contribution in [-0.2, 0) is 0 Å². The summed E-state index contributed by atoms with van der Waals surface area (Å²) in [6.45, 7) is 0. The van der Waals surface area contributed by atoms with Crippen molar-refractivity contribution in [3.05, 3.63) is 24.3 Å². The van der Waals surface area contributed by atoms with Crippen LogP contribution in [0.3, 0.4) is 0 Å². The lowest BCUT2D eigenvalue weighted by Crippen LogP contribution is -1.94. The van der Waals surface area contributed by atoms with Crippen LogP contribution >= 0.6 is 11.6 Å². The zero-order chi connectivity index (χ0) is 6.97. The van der Waals surface area contributed by atoms with E-state index in [1.54, 1.807) is 0 Å². The molecule has 0 fully saturated rings. The largest absolute Gasteiger partial charge is 0.223 e. The first kappa shape index (κ1) is 5.74. The molecule has 2 nitrogen and oxygen atoms in total. The average molecular weight is 152 g/mol. The van der Waals surface area contributed by atoms with Crippen molar-refractivity contribution in [2.45, 2.75) is 0 Å². The molecule has 10 heavy (non-hydrogen) atoms. The Bertz CT molecular complexity index is 293. The summed E-state index contributed by atoms with van der Waals surface area (Å²) in [5.41, 5.74) is 1.71. The lowest BCUT2D eigenvalue weighted by Gasteiger charge is -1.90. The quantitative estimate of drug-likeness (QED) is 0.508. The SMILES string of the molecule is ClC1=Nc2ccccc2[N]1. The van der Waals surface area contributed by atoms with Gasteiger partial charge in [-0.2, -0.15) is 0 Å². The van der Waals surface area contributed by atoms with E-state index in [4.69, 9.17) is 11.6 Å². The highest BCUT2D eigenvalue weighted by Crippen LogP contribution is 2.29. The number of nitrogens with zero attached hydrogens (tertiary/aromatic N) is 2. The molecule has 3 heteroatoms. The van der Waals surface area contributed by atoms with E-state index < -0.39 is 0 Å². The van der Waals surface area contributed by atoms with Crippen LogP contribution in [0.15, 0.2) is 29.3 Å². The third-order valence-electron chi connectivity index (χ3n) is 1.31. The second-order valence-electron chi connectivity index (χ2n) is 1.98. The number of hydrogen-bond acceptors (Lipinski definition) is 1. The first-order valence-corrected chi connectivity index (χ1v) is 3.29. The van der Waals surface area contributed by atoms with Gasteiger partial charge in [0.2, 0.25) is 5.29 Å².